The van der Waals surface area contributed by atoms with Crippen LogP contribution in [-0.4, -0.2) is 23.6 Å². The van der Waals surface area contributed by atoms with Gasteiger partial charge < -0.3 is 4.90 Å². The van der Waals surface area contributed by atoms with Crippen molar-refractivity contribution in [2.75, 3.05) is 7.05 Å². The smallest absolute Gasteiger partial charge is 0.223 e. The Hall–Kier alpha value is -2.42. The summed E-state index contributed by atoms with van der Waals surface area (Å²) >= 11 is 0. The van der Waals surface area contributed by atoms with E-state index in [1.165, 1.54) is 28.7 Å². The second-order valence-electron chi connectivity index (χ2n) is 7.52. The molecule has 3 nitrogen and oxygen atoms in total. The molecule has 0 unspecified atom stereocenters. The Bertz CT molecular complexity index is 855. The maximum absolute atomic E-state index is 12.6. The van der Waals surface area contributed by atoms with Gasteiger partial charge in [-0.3, -0.25) is 9.59 Å². The highest BCUT2D eigenvalue weighted by Crippen LogP contribution is 2.35. The average Bonchev–Trinajstić information content (AvgIpc) is 3.31. The second kappa shape index (κ2) is 7.06. The van der Waals surface area contributed by atoms with Gasteiger partial charge in [0, 0.05) is 25.5 Å². The van der Waals surface area contributed by atoms with Crippen molar-refractivity contribution in [3.8, 4) is 0 Å². The normalized spacial score (nSPS) is 17.7. The summed E-state index contributed by atoms with van der Waals surface area (Å²) in [5, 5.41) is 0. The quantitative estimate of drug-likeness (QED) is 0.757. The molecule has 0 bridgehead atoms. The molecule has 26 heavy (non-hydrogen) atoms. The maximum atomic E-state index is 12.6. The van der Waals surface area contributed by atoms with Crippen molar-refractivity contribution >= 4 is 11.7 Å². The summed E-state index contributed by atoms with van der Waals surface area (Å²) in [6, 6.07) is 14.5. The summed E-state index contributed by atoms with van der Waals surface area (Å²) < 4.78 is 0. The first-order chi connectivity index (χ1) is 12.6. The molecule has 0 N–H and O–H groups in total. The minimum atomic E-state index is 0.0567. The van der Waals surface area contributed by atoms with E-state index in [0.29, 0.717) is 0 Å². The van der Waals surface area contributed by atoms with E-state index in [4.69, 9.17) is 0 Å². The first-order valence-corrected chi connectivity index (χ1v) is 9.62. The van der Waals surface area contributed by atoms with Gasteiger partial charge in [0.05, 0.1) is 6.04 Å². The Labute approximate surface area is 155 Å². The van der Waals surface area contributed by atoms with Crippen molar-refractivity contribution in [3.63, 3.8) is 0 Å². The number of hydrogen-bond donors (Lipinski definition) is 0. The summed E-state index contributed by atoms with van der Waals surface area (Å²) in [5.41, 5.74) is 6.03. The summed E-state index contributed by atoms with van der Waals surface area (Å²) in [7, 11) is 1.87. The molecule has 0 aromatic heterocycles. The van der Waals surface area contributed by atoms with Crippen LogP contribution in [0.3, 0.4) is 0 Å². The van der Waals surface area contributed by atoms with Crippen molar-refractivity contribution in [2.45, 2.75) is 51.0 Å². The highest BCUT2D eigenvalue weighted by molar-refractivity contribution is 5.98. The van der Waals surface area contributed by atoms with Crippen LogP contribution < -0.4 is 0 Å². The molecule has 134 valence electrons. The summed E-state index contributed by atoms with van der Waals surface area (Å²) in [6.45, 7) is 0. The molecule has 0 saturated heterocycles. The Morgan fingerprint density at radius 3 is 2.65 bits per heavy atom. The van der Waals surface area contributed by atoms with Gasteiger partial charge in [-0.05, 0) is 60.4 Å². The number of amides is 1. The molecule has 2 aromatic rings. The van der Waals surface area contributed by atoms with E-state index in [2.05, 4.69) is 24.3 Å². The molecule has 0 saturated carbocycles. The van der Waals surface area contributed by atoms with Gasteiger partial charge in [-0.1, -0.05) is 36.4 Å². The monoisotopic (exact) mass is 347 g/mol. The third kappa shape index (κ3) is 3.18. The van der Waals surface area contributed by atoms with E-state index in [9.17, 15) is 9.59 Å². The van der Waals surface area contributed by atoms with Crippen molar-refractivity contribution in [1.29, 1.82) is 0 Å². The fraction of sp³-hybridized carbons (Fsp3) is 0.391. The zero-order valence-electron chi connectivity index (χ0n) is 15.3. The predicted molar refractivity (Wildman–Crippen MR) is 102 cm³/mol. The molecule has 0 radical (unpaired) electrons. The zero-order valence-corrected chi connectivity index (χ0v) is 15.3. The van der Waals surface area contributed by atoms with Gasteiger partial charge in [-0.25, -0.2) is 0 Å². The van der Waals surface area contributed by atoms with Crippen LogP contribution in [0.15, 0.2) is 42.5 Å². The molecule has 1 atom stereocenters. The average molecular weight is 347 g/mol. The molecule has 0 spiro atoms. The molecular formula is C23H25NO2. The van der Waals surface area contributed by atoms with Crippen molar-refractivity contribution in [2.24, 2.45) is 0 Å². The lowest BCUT2D eigenvalue weighted by Gasteiger charge is -2.25. The zero-order chi connectivity index (χ0) is 18.1. The first kappa shape index (κ1) is 17.0. The van der Waals surface area contributed by atoms with Gasteiger partial charge in [0.25, 0.3) is 0 Å². The number of Topliss-reactive ketones (excluding diaryl/α,β-unsaturated/α-hetero) is 1. The van der Waals surface area contributed by atoms with E-state index in [-0.39, 0.29) is 30.6 Å². The summed E-state index contributed by atoms with van der Waals surface area (Å²) in [5.74, 6) is 0.134. The maximum Gasteiger partial charge on any atom is 0.223 e. The number of ketones is 1. The molecule has 2 aliphatic rings. The minimum Gasteiger partial charge on any atom is -0.339 e. The number of carbonyl (C=O) groups excluding carboxylic acids is 2. The number of nitrogens with zero attached hydrogens (tertiary/aromatic N) is 1. The molecule has 0 heterocycles. The van der Waals surface area contributed by atoms with Crippen molar-refractivity contribution in [3.05, 3.63) is 70.3 Å². The molecule has 2 aromatic carbocycles. The lowest BCUT2D eigenvalue weighted by Crippen LogP contribution is -2.30. The Kier molecular flexibility index (Phi) is 4.62. The molecule has 1 amide bonds. The number of carbonyl (C=O) groups is 2. The standard InChI is InChI=1S/C23H25NO2/c1-24(21-12-11-17-5-2-3-8-20(17)21)23(26)14-13-22(25)19-10-9-16-6-4-7-18(16)15-19/h2-3,5,8-10,15,21H,4,6-7,11-14H2,1H3/t21-/m0/s1. The minimum absolute atomic E-state index is 0.0567. The molecule has 4 rings (SSSR count). The SMILES string of the molecule is CN(C(=O)CCC(=O)c1ccc2c(c1)CCC2)[C@H]1CCc2ccccc21. The third-order valence-corrected chi connectivity index (χ3v) is 5.95. The van der Waals surface area contributed by atoms with Gasteiger partial charge in [0.15, 0.2) is 5.78 Å². The summed E-state index contributed by atoms with van der Waals surface area (Å²) in [6.07, 6.45) is 5.93. The van der Waals surface area contributed by atoms with E-state index in [1.54, 1.807) is 0 Å². The van der Waals surface area contributed by atoms with E-state index in [1.807, 2.05) is 30.1 Å². The van der Waals surface area contributed by atoms with Crippen LogP contribution in [0.25, 0.3) is 0 Å². The van der Waals surface area contributed by atoms with Gasteiger partial charge in [-0.2, -0.15) is 0 Å². The molecule has 0 aliphatic heterocycles. The largest absolute Gasteiger partial charge is 0.339 e. The Morgan fingerprint density at radius 2 is 1.77 bits per heavy atom. The van der Waals surface area contributed by atoms with Crippen LogP contribution in [0.4, 0.5) is 0 Å². The van der Waals surface area contributed by atoms with Gasteiger partial charge in [0.2, 0.25) is 5.91 Å². The Balaban J connectivity index is 1.37. The molecule has 0 fully saturated rings. The van der Waals surface area contributed by atoms with Crippen LogP contribution in [0.1, 0.15) is 64.3 Å². The van der Waals surface area contributed by atoms with Crippen LogP contribution in [0, 0.1) is 0 Å². The molecule has 2 aliphatic carbocycles. The highest BCUT2D eigenvalue weighted by Gasteiger charge is 2.28. The number of fused-ring (bicyclic) bond motifs is 2. The van der Waals surface area contributed by atoms with E-state index >= 15 is 0 Å². The Morgan fingerprint density at radius 1 is 0.962 bits per heavy atom. The topological polar surface area (TPSA) is 37.4 Å². The fourth-order valence-corrected chi connectivity index (χ4v) is 4.40. The summed E-state index contributed by atoms with van der Waals surface area (Å²) in [4.78, 5) is 27.0. The van der Waals surface area contributed by atoms with E-state index in [0.717, 1.165) is 31.2 Å². The van der Waals surface area contributed by atoms with Crippen molar-refractivity contribution < 1.29 is 9.59 Å². The second-order valence-corrected chi connectivity index (χ2v) is 7.52. The number of rotatable bonds is 5. The van der Waals surface area contributed by atoms with Crippen LogP contribution in [-0.2, 0) is 24.1 Å². The van der Waals surface area contributed by atoms with Crippen molar-refractivity contribution in [1.82, 2.24) is 4.90 Å². The van der Waals surface area contributed by atoms with Gasteiger partial charge in [0.1, 0.15) is 0 Å². The number of benzene rings is 2. The van der Waals surface area contributed by atoms with Crippen LogP contribution in [0.5, 0.6) is 0 Å². The lowest BCUT2D eigenvalue weighted by molar-refractivity contribution is -0.132. The van der Waals surface area contributed by atoms with Gasteiger partial charge in [-0.15, -0.1) is 0 Å². The first-order valence-electron chi connectivity index (χ1n) is 9.62. The van der Waals surface area contributed by atoms with E-state index < -0.39 is 0 Å². The highest BCUT2D eigenvalue weighted by atomic mass is 16.2. The molecular weight excluding hydrogens is 322 g/mol. The number of hydrogen-bond acceptors (Lipinski definition) is 2. The van der Waals surface area contributed by atoms with Gasteiger partial charge >= 0.3 is 0 Å². The lowest BCUT2D eigenvalue weighted by atomic mass is 10.0. The third-order valence-electron chi connectivity index (χ3n) is 5.95. The predicted octanol–water partition coefficient (Wildman–Crippen LogP) is 4.28. The fourth-order valence-electron chi connectivity index (χ4n) is 4.40. The number of aryl methyl sites for hydroxylation is 3. The van der Waals surface area contributed by atoms with Crippen LogP contribution in [0.2, 0.25) is 0 Å². The molecule has 3 heteroatoms. The van der Waals surface area contributed by atoms with Crippen LogP contribution >= 0.6 is 0 Å².